The van der Waals surface area contributed by atoms with Crippen molar-refractivity contribution in [2.24, 2.45) is 5.92 Å². The van der Waals surface area contributed by atoms with E-state index in [2.05, 4.69) is 43.4 Å². The van der Waals surface area contributed by atoms with E-state index in [4.69, 9.17) is 9.47 Å². The predicted octanol–water partition coefficient (Wildman–Crippen LogP) is 2.91. The normalized spacial score (nSPS) is 23.2. The molecule has 0 aliphatic carbocycles. The van der Waals surface area contributed by atoms with Gasteiger partial charge in [-0.15, -0.1) is 0 Å². The van der Waals surface area contributed by atoms with Crippen LogP contribution in [0.1, 0.15) is 37.5 Å². The van der Waals surface area contributed by atoms with Crippen molar-refractivity contribution in [2.45, 2.75) is 39.0 Å². The summed E-state index contributed by atoms with van der Waals surface area (Å²) in [6.45, 7) is 6.90. The lowest BCUT2D eigenvalue weighted by Gasteiger charge is -2.22. The van der Waals surface area contributed by atoms with Crippen molar-refractivity contribution in [1.82, 2.24) is 5.32 Å². The molecule has 0 bridgehead atoms. The molecule has 0 radical (unpaired) electrons. The van der Waals surface area contributed by atoms with E-state index in [0.29, 0.717) is 18.6 Å². The zero-order chi connectivity index (χ0) is 13.7. The van der Waals surface area contributed by atoms with Gasteiger partial charge >= 0.3 is 0 Å². The van der Waals surface area contributed by atoms with E-state index < -0.39 is 0 Å². The van der Waals surface area contributed by atoms with Crippen LogP contribution in [0.25, 0.3) is 0 Å². The van der Waals surface area contributed by atoms with Crippen LogP contribution in [0.5, 0.6) is 0 Å². The molecule has 1 aliphatic rings. The molecule has 1 heterocycles. The van der Waals surface area contributed by atoms with Gasteiger partial charge in [-0.25, -0.2) is 0 Å². The summed E-state index contributed by atoms with van der Waals surface area (Å²) < 4.78 is 11.3. The maximum Gasteiger partial charge on any atom is 0.0869 e. The fourth-order valence-corrected chi connectivity index (χ4v) is 2.67. The second-order valence-corrected chi connectivity index (χ2v) is 5.53. The fourth-order valence-electron chi connectivity index (χ4n) is 2.67. The number of ether oxygens (including phenoxy) is 2. The number of hydrogen-bond acceptors (Lipinski definition) is 3. The molecule has 0 saturated carbocycles. The lowest BCUT2D eigenvalue weighted by Crippen LogP contribution is -2.30. The third-order valence-corrected chi connectivity index (χ3v) is 3.66. The third-order valence-electron chi connectivity index (χ3n) is 3.66. The van der Waals surface area contributed by atoms with E-state index in [-0.39, 0.29) is 6.10 Å². The molecule has 2 unspecified atom stereocenters. The maximum atomic E-state index is 5.98. The molecule has 0 spiro atoms. The molecular formula is C16H25NO2. The van der Waals surface area contributed by atoms with Gasteiger partial charge < -0.3 is 14.8 Å². The summed E-state index contributed by atoms with van der Waals surface area (Å²) in [6, 6.07) is 8.98. The molecule has 1 saturated heterocycles. The molecular weight excluding hydrogens is 238 g/mol. The van der Waals surface area contributed by atoms with Gasteiger partial charge in [-0.05, 0) is 17.5 Å². The Balaban J connectivity index is 2.10. The van der Waals surface area contributed by atoms with E-state index in [1.165, 1.54) is 11.1 Å². The first kappa shape index (κ1) is 14.5. The summed E-state index contributed by atoms with van der Waals surface area (Å²) >= 11 is 0. The predicted molar refractivity (Wildman–Crippen MR) is 77.1 cm³/mol. The van der Waals surface area contributed by atoms with Crippen LogP contribution in [0.3, 0.4) is 0 Å². The molecule has 0 amide bonds. The Hall–Kier alpha value is -0.900. The van der Waals surface area contributed by atoms with Crippen molar-refractivity contribution in [3.8, 4) is 0 Å². The van der Waals surface area contributed by atoms with Gasteiger partial charge in [0.1, 0.15) is 0 Å². The summed E-state index contributed by atoms with van der Waals surface area (Å²) in [7, 11) is 1.74. The fraction of sp³-hybridized carbons (Fsp3) is 0.625. The second kappa shape index (κ2) is 7.04. The summed E-state index contributed by atoms with van der Waals surface area (Å²) in [4.78, 5) is 0. The van der Waals surface area contributed by atoms with Crippen molar-refractivity contribution in [2.75, 3.05) is 20.3 Å². The lowest BCUT2D eigenvalue weighted by atomic mass is 9.92. The Morgan fingerprint density at radius 2 is 2.16 bits per heavy atom. The monoisotopic (exact) mass is 263 g/mol. The summed E-state index contributed by atoms with van der Waals surface area (Å²) in [6.07, 6.45) is 1.34. The number of methoxy groups -OCH3 is 1. The molecule has 1 aliphatic heterocycles. The molecule has 1 aromatic carbocycles. The molecule has 2 atom stereocenters. The minimum Gasteiger partial charge on any atom is -0.380 e. The van der Waals surface area contributed by atoms with Crippen molar-refractivity contribution in [3.05, 3.63) is 35.4 Å². The summed E-state index contributed by atoms with van der Waals surface area (Å²) in [5, 5.41) is 3.53. The van der Waals surface area contributed by atoms with Gasteiger partial charge in [0.25, 0.3) is 0 Å². The molecule has 0 aromatic heterocycles. The van der Waals surface area contributed by atoms with E-state index in [9.17, 15) is 0 Å². The standard InChI is InChI=1S/C16H25NO2/c1-12(2)17-10-13-8-9-19-16(13)15-7-5-4-6-14(15)11-18-3/h4-7,12-13,16-17H,8-11H2,1-3H3. The number of benzene rings is 1. The number of rotatable bonds is 6. The zero-order valence-corrected chi connectivity index (χ0v) is 12.2. The van der Waals surface area contributed by atoms with Gasteiger partial charge in [-0.1, -0.05) is 38.1 Å². The minimum absolute atomic E-state index is 0.206. The molecule has 106 valence electrons. The average Bonchev–Trinajstić information content (AvgIpc) is 2.85. The van der Waals surface area contributed by atoms with Gasteiger partial charge in [-0.3, -0.25) is 0 Å². The molecule has 1 aromatic rings. The first-order chi connectivity index (χ1) is 9.22. The van der Waals surface area contributed by atoms with Crippen molar-refractivity contribution >= 4 is 0 Å². The average molecular weight is 263 g/mol. The van der Waals surface area contributed by atoms with E-state index in [1.807, 2.05) is 0 Å². The molecule has 19 heavy (non-hydrogen) atoms. The Bertz CT molecular complexity index is 392. The Morgan fingerprint density at radius 3 is 2.89 bits per heavy atom. The highest BCUT2D eigenvalue weighted by Crippen LogP contribution is 2.36. The smallest absolute Gasteiger partial charge is 0.0869 e. The number of nitrogens with one attached hydrogen (secondary N) is 1. The van der Waals surface area contributed by atoms with Gasteiger partial charge in [0.05, 0.1) is 12.7 Å². The highest BCUT2D eigenvalue weighted by atomic mass is 16.5. The third kappa shape index (κ3) is 3.78. The van der Waals surface area contributed by atoms with Crippen LogP contribution in [0.2, 0.25) is 0 Å². The van der Waals surface area contributed by atoms with E-state index in [0.717, 1.165) is 19.6 Å². The Kier molecular flexibility index (Phi) is 5.37. The van der Waals surface area contributed by atoms with Crippen LogP contribution in [-0.2, 0) is 16.1 Å². The minimum atomic E-state index is 0.206. The van der Waals surface area contributed by atoms with Crippen molar-refractivity contribution < 1.29 is 9.47 Å². The van der Waals surface area contributed by atoms with Gasteiger partial charge in [-0.2, -0.15) is 0 Å². The van der Waals surface area contributed by atoms with Crippen LogP contribution >= 0.6 is 0 Å². The first-order valence-electron chi connectivity index (χ1n) is 7.14. The SMILES string of the molecule is COCc1ccccc1C1OCCC1CNC(C)C. The maximum absolute atomic E-state index is 5.98. The number of hydrogen-bond donors (Lipinski definition) is 1. The van der Waals surface area contributed by atoms with Crippen LogP contribution in [0, 0.1) is 5.92 Å². The first-order valence-corrected chi connectivity index (χ1v) is 7.14. The summed E-state index contributed by atoms with van der Waals surface area (Å²) in [5.41, 5.74) is 2.53. The molecule has 2 rings (SSSR count). The van der Waals surface area contributed by atoms with Crippen molar-refractivity contribution in [1.29, 1.82) is 0 Å². The largest absolute Gasteiger partial charge is 0.380 e. The topological polar surface area (TPSA) is 30.5 Å². The summed E-state index contributed by atoms with van der Waals surface area (Å²) in [5.74, 6) is 0.556. The van der Waals surface area contributed by atoms with E-state index >= 15 is 0 Å². The molecule has 3 heteroatoms. The van der Waals surface area contributed by atoms with Crippen LogP contribution in [-0.4, -0.2) is 26.3 Å². The van der Waals surface area contributed by atoms with Crippen LogP contribution in [0.4, 0.5) is 0 Å². The molecule has 3 nitrogen and oxygen atoms in total. The van der Waals surface area contributed by atoms with E-state index in [1.54, 1.807) is 7.11 Å². The zero-order valence-electron chi connectivity index (χ0n) is 12.2. The second-order valence-electron chi connectivity index (χ2n) is 5.53. The van der Waals surface area contributed by atoms with Gasteiger partial charge in [0.2, 0.25) is 0 Å². The molecule has 1 N–H and O–H groups in total. The van der Waals surface area contributed by atoms with Gasteiger partial charge in [0.15, 0.2) is 0 Å². The molecule has 1 fully saturated rings. The highest BCUT2D eigenvalue weighted by Gasteiger charge is 2.30. The van der Waals surface area contributed by atoms with Crippen LogP contribution in [0.15, 0.2) is 24.3 Å². The lowest BCUT2D eigenvalue weighted by molar-refractivity contribution is 0.0869. The quantitative estimate of drug-likeness (QED) is 0.856. The van der Waals surface area contributed by atoms with Gasteiger partial charge in [0, 0.05) is 32.2 Å². The Labute approximate surface area is 116 Å². The van der Waals surface area contributed by atoms with Crippen LogP contribution < -0.4 is 5.32 Å². The van der Waals surface area contributed by atoms with Crippen molar-refractivity contribution in [3.63, 3.8) is 0 Å². The Morgan fingerprint density at radius 1 is 1.37 bits per heavy atom. The highest BCUT2D eigenvalue weighted by molar-refractivity contribution is 5.29.